The quantitative estimate of drug-likeness (QED) is 0.925. The maximum Gasteiger partial charge on any atom is 0.227 e. The Kier molecular flexibility index (Phi) is 3.74. The Labute approximate surface area is 109 Å². The first-order valence-electron chi connectivity index (χ1n) is 5.49. The fraction of sp³-hybridized carbons (Fsp3) is 0.231. The van der Waals surface area contributed by atoms with Crippen molar-refractivity contribution in [2.24, 2.45) is 0 Å². The molecule has 88 valence electrons. The molecular formula is C13H14BrN3. The highest BCUT2D eigenvalue weighted by molar-refractivity contribution is 9.10. The van der Waals surface area contributed by atoms with Crippen molar-refractivity contribution in [1.29, 1.82) is 0 Å². The fourth-order valence-electron chi connectivity index (χ4n) is 1.46. The summed E-state index contributed by atoms with van der Waals surface area (Å²) in [6, 6.07) is 8.32. The number of nitrogens with zero attached hydrogens (tertiary/aromatic N) is 2. The highest BCUT2D eigenvalue weighted by Gasteiger charge is 2.00. The molecule has 0 amide bonds. The summed E-state index contributed by atoms with van der Waals surface area (Å²) in [6.45, 7) is 4.36. The van der Waals surface area contributed by atoms with Crippen molar-refractivity contribution in [3.05, 3.63) is 46.7 Å². The first-order valence-corrected chi connectivity index (χ1v) is 6.29. The van der Waals surface area contributed by atoms with E-state index in [1.165, 1.54) is 5.56 Å². The Balaban J connectivity index is 2.11. The van der Waals surface area contributed by atoms with Crippen LogP contribution in [0, 0.1) is 0 Å². The number of anilines is 2. The summed E-state index contributed by atoms with van der Waals surface area (Å²) in [4.78, 5) is 8.32. The molecule has 4 heteroatoms. The number of hydrogen-bond donors (Lipinski definition) is 1. The minimum absolute atomic E-state index is 0.549. The van der Waals surface area contributed by atoms with Gasteiger partial charge in [-0.25, -0.2) is 9.97 Å². The monoisotopic (exact) mass is 291 g/mol. The van der Waals surface area contributed by atoms with E-state index in [1.54, 1.807) is 12.4 Å². The van der Waals surface area contributed by atoms with E-state index >= 15 is 0 Å². The normalized spacial score (nSPS) is 10.6. The van der Waals surface area contributed by atoms with Gasteiger partial charge in [-0.3, -0.25) is 0 Å². The molecule has 17 heavy (non-hydrogen) atoms. The third kappa shape index (κ3) is 3.27. The van der Waals surface area contributed by atoms with Crippen LogP contribution in [0.4, 0.5) is 11.6 Å². The van der Waals surface area contributed by atoms with Gasteiger partial charge < -0.3 is 5.32 Å². The highest BCUT2D eigenvalue weighted by atomic mass is 79.9. The molecule has 0 saturated heterocycles. The summed E-state index contributed by atoms with van der Waals surface area (Å²) >= 11 is 3.30. The van der Waals surface area contributed by atoms with E-state index in [0.717, 1.165) is 10.2 Å². The zero-order valence-electron chi connectivity index (χ0n) is 9.81. The van der Waals surface area contributed by atoms with Crippen LogP contribution in [0.15, 0.2) is 41.1 Å². The second kappa shape index (κ2) is 5.27. The lowest BCUT2D eigenvalue weighted by Crippen LogP contribution is -1.96. The predicted octanol–water partition coefficient (Wildman–Crippen LogP) is 4.11. The molecule has 0 aliphatic rings. The SMILES string of the molecule is CC(C)c1ccc(Nc2ncc(Br)cn2)cc1. The molecule has 0 unspecified atom stereocenters. The highest BCUT2D eigenvalue weighted by Crippen LogP contribution is 2.19. The zero-order chi connectivity index (χ0) is 12.3. The molecule has 0 bridgehead atoms. The van der Waals surface area contributed by atoms with E-state index in [2.05, 4.69) is 57.2 Å². The molecule has 0 saturated carbocycles. The van der Waals surface area contributed by atoms with E-state index in [9.17, 15) is 0 Å². The molecule has 0 atom stereocenters. The van der Waals surface area contributed by atoms with E-state index in [4.69, 9.17) is 0 Å². The van der Waals surface area contributed by atoms with Gasteiger partial charge in [0.15, 0.2) is 0 Å². The van der Waals surface area contributed by atoms with Crippen LogP contribution in [0.2, 0.25) is 0 Å². The topological polar surface area (TPSA) is 37.8 Å². The lowest BCUT2D eigenvalue weighted by Gasteiger charge is -2.08. The summed E-state index contributed by atoms with van der Waals surface area (Å²) in [5, 5.41) is 3.15. The van der Waals surface area contributed by atoms with Crippen LogP contribution in [-0.2, 0) is 0 Å². The Morgan fingerprint density at radius 2 is 1.65 bits per heavy atom. The van der Waals surface area contributed by atoms with Gasteiger partial charge in [-0.15, -0.1) is 0 Å². The van der Waals surface area contributed by atoms with Crippen molar-refractivity contribution in [2.75, 3.05) is 5.32 Å². The van der Waals surface area contributed by atoms with Gasteiger partial charge in [0.05, 0.1) is 4.47 Å². The molecule has 2 aromatic rings. The van der Waals surface area contributed by atoms with Gasteiger partial charge in [0.2, 0.25) is 5.95 Å². The molecule has 0 aliphatic heterocycles. The number of nitrogens with one attached hydrogen (secondary N) is 1. The van der Waals surface area contributed by atoms with Gasteiger partial charge in [-0.1, -0.05) is 26.0 Å². The van der Waals surface area contributed by atoms with Crippen molar-refractivity contribution in [3.8, 4) is 0 Å². The van der Waals surface area contributed by atoms with Gasteiger partial charge >= 0.3 is 0 Å². The number of hydrogen-bond acceptors (Lipinski definition) is 3. The first-order chi connectivity index (χ1) is 8.15. The molecule has 3 nitrogen and oxygen atoms in total. The van der Waals surface area contributed by atoms with Crippen molar-refractivity contribution in [3.63, 3.8) is 0 Å². The molecular weight excluding hydrogens is 278 g/mol. The van der Waals surface area contributed by atoms with Crippen LogP contribution in [0.1, 0.15) is 25.3 Å². The molecule has 0 fully saturated rings. The van der Waals surface area contributed by atoms with Crippen LogP contribution >= 0.6 is 15.9 Å². The van der Waals surface area contributed by atoms with Crippen molar-refractivity contribution in [2.45, 2.75) is 19.8 Å². The van der Waals surface area contributed by atoms with Crippen LogP contribution in [0.5, 0.6) is 0 Å². The third-order valence-corrected chi connectivity index (χ3v) is 2.86. The van der Waals surface area contributed by atoms with E-state index in [-0.39, 0.29) is 0 Å². The minimum Gasteiger partial charge on any atom is -0.324 e. The third-order valence-electron chi connectivity index (χ3n) is 2.45. The Hall–Kier alpha value is -1.42. The van der Waals surface area contributed by atoms with Gasteiger partial charge in [-0.2, -0.15) is 0 Å². The predicted molar refractivity (Wildman–Crippen MR) is 73.5 cm³/mol. The molecule has 2 rings (SSSR count). The second-order valence-corrected chi connectivity index (χ2v) is 5.04. The number of benzene rings is 1. The minimum atomic E-state index is 0.549. The molecule has 0 spiro atoms. The maximum atomic E-state index is 4.16. The fourth-order valence-corrected chi connectivity index (χ4v) is 1.66. The van der Waals surface area contributed by atoms with Crippen LogP contribution in [-0.4, -0.2) is 9.97 Å². The van der Waals surface area contributed by atoms with Crippen LogP contribution < -0.4 is 5.32 Å². The number of rotatable bonds is 3. The van der Waals surface area contributed by atoms with E-state index in [1.807, 2.05) is 12.1 Å². The Bertz CT molecular complexity index is 477. The van der Waals surface area contributed by atoms with Crippen molar-refractivity contribution in [1.82, 2.24) is 9.97 Å². The van der Waals surface area contributed by atoms with Crippen molar-refractivity contribution >= 4 is 27.6 Å². The van der Waals surface area contributed by atoms with Gasteiger partial charge in [-0.05, 0) is 39.5 Å². The summed E-state index contributed by atoms with van der Waals surface area (Å²) in [6.07, 6.45) is 3.44. The number of halogens is 1. The summed E-state index contributed by atoms with van der Waals surface area (Å²) < 4.78 is 0.873. The first kappa shape index (κ1) is 12.0. The van der Waals surface area contributed by atoms with Gasteiger partial charge in [0, 0.05) is 18.1 Å². The molecule has 0 radical (unpaired) electrons. The molecule has 1 N–H and O–H groups in total. The molecule has 1 aromatic carbocycles. The molecule has 1 aromatic heterocycles. The maximum absolute atomic E-state index is 4.16. The lowest BCUT2D eigenvalue weighted by molar-refractivity contribution is 0.867. The van der Waals surface area contributed by atoms with Crippen molar-refractivity contribution < 1.29 is 0 Å². The van der Waals surface area contributed by atoms with E-state index in [0.29, 0.717) is 11.9 Å². The molecule has 1 heterocycles. The molecule has 0 aliphatic carbocycles. The number of aromatic nitrogens is 2. The van der Waals surface area contributed by atoms with Gasteiger partial charge in [0.25, 0.3) is 0 Å². The Morgan fingerprint density at radius 1 is 1.06 bits per heavy atom. The second-order valence-electron chi connectivity index (χ2n) is 4.13. The average molecular weight is 292 g/mol. The summed E-state index contributed by atoms with van der Waals surface area (Å²) in [5.74, 6) is 1.15. The van der Waals surface area contributed by atoms with Gasteiger partial charge in [0.1, 0.15) is 0 Å². The average Bonchev–Trinajstić information content (AvgIpc) is 2.33. The summed E-state index contributed by atoms with van der Waals surface area (Å²) in [5.41, 5.74) is 2.32. The van der Waals surface area contributed by atoms with Crippen LogP contribution in [0.3, 0.4) is 0 Å². The van der Waals surface area contributed by atoms with Crippen LogP contribution in [0.25, 0.3) is 0 Å². The standard InChI is InChI=1S/C13H14BrN3/c1-9(2)10-3-5-12(6-4-10)17-13-15-7-11(14)8-16-13/h3-9H,1-2H3,(H,15,16,17). The Morgan fingerprint density at radius 3 is 2.18 bits per heavy atom. The zero-order valence-corrected chi connectivity index (χ0v) is 11.4. The lowest BCUT2D eigenvalue weighted by atomic mass is 10.0. The van der Waals surface area contributed by atoms with E-state index < -0.39 is 0 Å². The largest absolute Gasteiger partial charge is 0.324 e. The summed E-state index contributed by atoms with van der Waals surface area (Å²) in [7, 11) is 0. The smallest absolute Gasteiger partial charge is 0.227 e.